The SMILES string of the molecule is CCCC(C)(CCCOCCOC)CNC. The van der Waals surface area contributed by atoms with Crippen LogP contribution in [0.1, 0.15) is 39.5 Å². The standard InChI is InChI=1S/C13H29NO2/c1-5-7-13(2,12-14-3)8-6-9-16-11-10-15-4/h14H,5-12H2,1-4H3. The molecule has 16 heavy (non-hydrogen) atoms. The number of rotatable bonds is 11. The van der Waals surface area contributed by atoms with Gasteiger partial charge >= 0.3 is 0 Å². The Kier molecular flexibility index (Phi) is 9.99. The van der Waals surface area contributed by atoms with Gasteiger partial charge in [-0.25, -0.2) is 0 Å². The minimum absolute atomic E-state index is 0.425. The Labute approximate surface area is 101 Å². The molecule has 0 rings (SSSR count). The van der Waals surface area contributed by atoms with E-state index in [-0.39, 0.29) is 0 Å². The van der Waals surface area contributed by atoms with E-state index in [0.29, 0.717) is 18.6 Å². The first-order chi connectivity index (χ1) is 7.68. The third kappa shape index (κ3) is 8.08. The lowest BCUT2D eigenvalue weighted by Gasteiger charge is -2.29. The number of nitrogens with one attached hydrogen (secondary N) is 1. The highest BCUT2D eigenvalue weighted by Gasteiger charge is 2.21. The van der Waals surface area contributed by atoms with Crippen LogP contribution < -0.4 is 5.32 Å². The molecule has 0 aromatic heterocycles. The fourth-order valence-electron chi connectivity index (χ4n) is 2.18. The molecule has 0 saturated carbocycles. The molecule has 0 aliphatic heterocycles. The van der Waals surface area contributed by atoms with Crippen LogP contribution in [-0.2, 0) is 9.47 Å². The maximum Gasteiger partial charge on any atom is 0.0700 e. The fourth-order valence-corrected chi connectivity index (χ4v) is 2.18. The van der Waals surface area contributed by atoms with Crippen molar-refractivity contribution in [1.82, 2.24) is 5.32 Å². The predicted molar refractivity (Wildman–Crippen MR) is 68.9 cm³/mol. The quantitative estimate of drug-likeness (QED) is 0.554. The van der Waals surface area contributed by atoms with Crippen molar-refractivity contribution in [3.63, 3.8) is 0 Å². The van der Waals surface area contributed by atoms with Gasteiger partial charge in [-0.2, -0.15) is 0 Å². The highest BCUT2D eigenvalue weighted by molar-refractivity contribution is 4.75. The molecule has 0 saturated heterocycles. The third-order valence-electron chi connectivity index (χ3n) is 2.96. The molecule has 0 bridgehead atoms. The van der Waals surface area contributed by atoms with Crippen molar-refractivity contribution >= 4 is 0 Å². The largest absolute Gasteiger partial charge is 0.382 e. The van der Waals surface area contributed by atoms with Crippen LogP contribution in [0.2, 0.25) is 0 Å². The van der Waals surface area contributed by atoms with E-state index in [1.807, 2.05) is 7.05 Å². The molecular weight excluding hydrogens is 202 g/mol. The molecule has 98 valence electrons. The molecule has 0 spiro atoms. The molecule has 1 unspecified atom stereocenters. The molecule has 0 amide bonds. The van der Waals surface area contributed by atoms with Gasteiger partial charge in [0, 0.05) is 20.3 Å². The Morgan fingerprint density at radius 3 is 2.44 bits per heavy atom. The molecule has 1 atom stereocenters. The number of ether oxygens (including phenoxy) is 2. The van der Waals surface area contributed by atoms with Crippen molar-refractivity contribution in [2.24, 2.45) is 5.41 Å². The Bertz CT molecular complexity index is 145. The van der Waals surface area contributed by atoms with Gasteiger partial charge in [0.05, 0.1) is 13.2 Å². The van der Waals surface area contributed by atoms with Gasteiger partial charge in [-0.15, -0.1) is 0 Å². The molecule has 0 aromatic rings. The molecule has 0 aliphatic rings. The Morgan fingerprint density at radius 1 is 1.12 bits per heavy atom. The summed E-state index contributed by atoms with van der Waals surface area (Å²) in [6.45, 7) is 7.98. The van der Waals surface area contributed by atoms with E-state index in [9.17, 15) is 0 Å². The molecule has 1 N–H and O–H groups in total. The van der Waals surface area contributed by atoms with Gasteiger partial charge in [0.2, 0.25) is 0 Å². The Morgan fingerprint density at radius 2 is 1.88 bits per heavy atom. The van der Waals surface area contributed by atoms with Crippen molar-refractivity contribution < 1.29 is 9.47 Å². The maximum absolute atomic E-state index is 5.48. The zero-order valence-electron chi connectivity index (χ0n) is 11.5. The van der Waals surface area contributed by atoms with Gasteiger partial charge in [0.15, 0.2) is 0 Å². The highest BCUT2D eigenvalue weighted by Crippen LogP contribution is 2.28. The third-order valence-corrected chi connectivity index (χ3v) is 2.96. The van der Waals surface area contributed by atoms with E-state index in [1.165, 1.54) is 19.3 Å². The van der Waals surface area contributed by atoms with Crippen LogP contribution in [0, 0.1) is 5.41 Å². The van der Waals surface area contributed by atoms with E-state index < -0.39 is 0 Å². The highest BCUT2D eigenvalue weighted by atomic mass is 16.5. The second-order valence-electron chi connectivity index (χ2n) is 4.80. The van der Waals surface area contributed by atoms with Crippen LogP contribution >= 0.6 is 0 Å². The molecular formula is C13H29NO2. The van der Waals surface area contributed by atoms with Crippen molar-refractivity contribution in [2.75, 3.05) is 40.5 Å². The van der Waals surface area contributed by atoms with Crippen LogP contribution in [-0.4, -0.2) is 40.5 Å². The van der Waals surface area contributed by atoms with Crippen LogP contribution in [0.4, 0.5) is 0 Å². The van der Waals surface area contributed by atoms with Gasteiger partial charge in [-0.3, -0.25) is 0 Å². The summed E-state index contributed by atoms with van der Waals surface area (Å²) >= 11 is 0. The molecule has 0 radical (unpaired) electrons. The molecule has 0 aliphatic carbocycles. The first-order valence-electron chi connectivity index (χ1n) is 6.40. The number of hydrogen-bond donors (Lipinski definition) is 1. The minimum atomic E-state index is 0.425. The van der Waals surface area contributed by atoms with Crippen molar-refractivity contribution in [2.45, 2.75) is 39.5 Å². The molecule has 0 fully saturated rings. The topological polar surface area (TPSA) is 30.5 Å². The van der Waals surface area contributed by atoms with Gasteiger partial charge < -0.3 is 14.8 Å². The van der Waals surface area contributed by atoms with E-state index in [0.717, 1.165) is 19.6 Å². The van der Waals surface area contributed by atoms with E-state index in [2.05, 4.69) is 19.2 Å². The fraction of sp³-hybridized carbons (Fsp3) is 1.00. The molecule has 0 heterocycles. The average molecular weight is 231 g/mol. The summed E-state index contributed by atoms with van der Waals surface area (Å²) in [6.07, 6.45) is 4.91. The lowest BCUT2D eigenvalue weighted by atomic mass is 9.81. The van der Waals surface area contributed by atoms with Crippen LogP contribution in [0.5, 0.6) is 0 Å². The smallest absolute Gasteiger partial charge is 0.0700 e. The predicted octanol–water partition coefficient (Wildman–Crippen LogP) is 2.46. The normalized spacial score (nSPS) is 15.0. The zero-order valence-corrected chi connectivity index (χ0v) is 11.5. The average Bonchev–Trinajstić information content (AvgIpc) is 2.24. The summed E-state index contributed by atoms with van der Waals surface area (Å²) < 4.78 is 10.4. The minimum Gasteiger partial charge on any atom is -0.382 e. The van der Waals surface area contributed by atoms with Gasteiger partial charge in [0.1, 0.15) is 0 Å². The van der Waals surface area contributed by atoms with Crippen LogP contribution in [0.3, 0.4) is 0 Å². The summed E-state index contributed by atoms with van der Waals surface area (Å²) in [4.78, 5) is 0. The summed E-state index contributed by atoms with van der Waals surface area (Å²) in [7, 11) is 3.73. The summed E-state index contributed by atoms with van der Waals surface area (Å²) in [5.74, 6) is 0. The zero-order chi connectivity index (χ0) is 12.3. The Balaban J connectivity index is 3.59. The molecule has 3 nitrogen and oxygen atoms in total. The number of methoxy groups -OCH3 is 1. The second-order valence-corrected chi connectivity index (χ2v) is 4.80. The first kappa shape index (κ1) is 15.9. The Hall–Kier alpha value is -0.120. The van der Waals surface area contributed by atoms with Gasteiger partial charge in [-0.05, 0) is 31.7 Å². The van der Waals surface area contributed by atoms with Gasteiger partial charge in [-0.1, -0.05) is 20.3 Å². The van der Waals surface area contributed by atoms with Crippen LogP contribution in [0.15, 0.2) is 0 Å². The summed E-state index contributed by atoms with van der Waals surface area (Å²) in [5, 5.41) is 3.29. The number of hydrogen-bond acceptors (Lipinski definition) is 3. The molecule has 3 heteroatoms. The molecule has 0 aromatic carbocycles. The van der Waals surface area contributed by atoms with Crippen molar-refractivity contribution in [3.8, 4) is 0 Å². The first-order valence-corrected chi connectivity index (χ1v) is 6.40. The van der Waals surface area contributed by atoms with Crippen molar-refractivity contribution in [1.29, 1.82) is 0 Å². The van der Waals surface area contributed by atoms with E-state index in [4.69, 9.17) is 9.47 Å². The lowest BCUT2D eigenvalue weighted by Crippen LogP contribution is -2.30. The second kappa shape index (κ2) is 10.1. The van der Waals surface area contributed by atoms with E-state index >= 15 is 0 Å². The van der Waals surface area contributed by atoms with Crippen molar-refractivity contribution in [3.05, 3.63) is 0 Å². The van der Waals surface area contributed by atoms with Crippen LogP contribution in [0.25, 0.3) is 0 Å². The monoisotopic (exact) mass is 231 g/mol. The lowest BCUT2D eigenvalue weighted by molar-refractivity contribution is 0.0636. The van der Waals surface area contributed by atoms with Gasteiger partial charge in [0.25, 0.3) is 0 Å². The van der Waals surface area contributed by atoms with E-state index in [1.54, 1.807) is 7.11 Å². The maximum atomic E-state index is 5.48. The summed E-state index contributed by atoms with van der Waals surface area (Å²) in [6, 6.07) is 0. The summed E-state index contributed by atoms with van der Waals surface area (Å²) in [5.41, 5.74) is 0.425.